The summed E-state index contributed by atoms with van der Waals surface area (Å²) >= 11 is 0. The van der Waals surface area contributed by atoms with Gasteiger partial charge in [0, 0.05) is 6.54 Å². The van der Waals surface area contributed by atoms with E-state index in [0.29, 0.717) is 13.0 Å². The first kappa shape index (κ1) is 13.6. The molecule has 2 amide bonds. The number of amides is 2. The average Bonchev–Trinajstić information content (AvgIpc) is 2.36. The minimum absolute atomic E-state index is 0.181. The molecule has 0 aliphatic heterocycles. The van der Waals surface area contributed by atoms with Crippen LogP contribution in [0.3, 0.4) is 0 Å². The fourth-order valence-electron chi connectivity index (χ4n) is 1.37. The summed E-state index contributed by atoms with van der Waals surface area (Å²) in [4.78, 5) is 21.9. The van der Waals surface area contributed by atoms with Gasteiger partial charge in [0.15, 0.2) is 0 Å². The molecule has 0 radical (unpaired) electrons. The van der Waals surface area contributed by atoms with E-state index in [2.05, 4.69) is 16.6 Å². The third-order valence-electron chi connectivity index (χ3n) is 2.22. The number of rotatable bonds is 5. The highest BCUT2D eigenvalue weighted by Gasteiger charge is 2.03. The van der Waals surface area contributed by atoms with Gasteiger partial charge in [-0.15, -0.1) is 6.42 Å². The molecule has 1 aromatic carbocycles. The Bertz CT molecular complexity index is 477. The number of carboxylic acid groups (broad SMARTS) is 1. The number of nitrogens with one attached hydrogen (secondary N) is 2. The molecular weight excluding hydrogens is 232 g/mol. The summed E-state index contributed by atoms with van der Waals surface area (Å²) in [5.41, 5.74) is 1.09. The maximum Gasteiger partial charge on any atom is 0.335 e. The van der Waals surface area contributed by atoms with Gasteiger partial charge in [-0.25, -0.2) is 9.59 Å². The number of aromatic carboxylic acids is 1. The third-order valence-corrected chi connectivity index (χ3v) is 2.22. The molecule has 0 heterocycles. The molecule has 0 aliphatic rings. The van der Waals surface area contributed by atoms with E-state index in [-0.39, 0.29) is 18.1 Å². The molecule has 5 heteroatoms. The van der Waals surface area contributed by atoms with Crippen molar-refractivity contribution in [3.05, 3.63) is 35.4 Å². The molecule has 0 fully saturated rings. The van der Waals surface area contributed by atoms with Gasteiger partial charge in [-0.1, -0.05) is 18.1 Å². The summed E-state index contributed by atoms with van der Waals surface area (Å²) in [7, 11) is 0. The minimum Gasteiger partial charge on any atom is -0.478 e. The van der Waals surface area contributed by atoms with E-state index in [0.717, 1.165) is 5.56 Å². The van der Waals surface area contributed by atoms with Gasteiger partial charge >= 0.3 is 12.0 Å². The third kappa shape index (κ3) is 4.58. The first-order valence-corrected chi connectivity index (χ1v) is 5.41. The van der Waals surface area contributed by atoms with Crippen LogP contribution in [0.25, 0.3) is 0 Å². The SMILES string of the molecule is C#CCNC(=O)NCCc1cccc(C(=O)O)c1. The maximum absolute atomic E-state index is 11.2. The Morgan fingerprint density at radius 2 is 2.11 bits per heavy atom. The Morgan fingerprint density at radius 1 is 1.33 bits per heavy atom. The van der Waals surface area contributed by atoms with Gasteiger partial charge in [0.25, 0.3) is 0 Å². The van der Waals surface area contributed by atoms with Crippen molar-refractivity contribution in [2.24, 2.45) is 0 Å². The number of carboxylic acids is 1. The highest BCUT2D eigenvalue weighted by atomic mass is 16.4. The Balaban J connectivity index is 2.40. The molecule has 0 saturated heterocycles. The smallest absolute Gasteiger partial charge is 0.335 e. The highest BCUT2D eigenvalue weighted by molar-refractivity contribution is 5.87. The van der Waals surface area contributed by atoms with Crippen LogP contribution >= 0.6 is 0 Å². The van der Waals surface area contributed by atoms with Crippen LogP contribution in [0.4, 0.5) is 4.79 Å². The zero-order valence-electron chi connectivity index (χ0n) is 9.77. The zero-order chi connectivity index (χ0) is 13.4. The van der Waals surface area contributed by atoms with Crippen LogP contribution in [0.2, 0.25) is 0 Å². The van der Waals surface area contributed by atoms with E-state index in [9.17, 15) is 9.59 Å². The molecule has 0 saturated carbocycles. The van der Waals surface area contributed by atoms with Crippen LogP contribution in [0, 0.1) is 12.3 Å². The Kier molecular flexibility index (Phi) is 5.26. The minimum atomic E-state index is -0.962. The van der Waals surface area contributed by atoms with Crippen molar-refractivity contribution in [1.82, 2.24) is 10.6 Å². The Morgan fingerprint density at radius 3 is 2.78 bits per heavy atom. The number of hydrogen-bond donors (Lipinski definition) is 3. The molecule has 0 aliphatic carbocycles. The summed E-state index contributed by atoms with van der Waals surface area (Å²) in [5, 5.41) is 13.9. The molecule has 0 atom stereocenters. The number of hydrogen-bond acceptors (Lipinski definition) is 2. The van der Waals surface area contributed by atoms with E-state index in [1.807, 2.05) is 6.07 Å². The van der Waals surface area contributed by atoms with Gasteiger partial charge in [0.05, 0.1) is 12.1 Å². The van der Waals surface area contributed by atoms with Crippen LogP contribution in [-0.4, -0.2) is 30.2 Å². The van der Waals surface area contributed by atoms with E-state index < -0.39 is 5.97 Å². The molecule has 18 heavy (non-hydrogen) atoms. The lowest BCUT2D eigenvalue weighted by Crippen LogP contribution is -2.36. The second-order valence-corrected chi connectivity index (χ2v) is 3.57. The Labute approximate surface area is 105 Å². The van der Waals surface area contributed by atoms with Crippen molar-refractivity contribution in [3.8, 4) is 12.3 Å². The molecule has 3 N–H and O–H groups in total. The number of terminal acetylenes is 1. The number of carbonyl (C=O) groups is 2. The van der Waals surface area contributed by atoms with Crippen LogP contribution in [0.5, 0.6) is 0 Å². The molecule has 0 aromatic heterocycles. The maximum atomic E-state index is 11.2. The zero-order valence-corrected chi connectivity index (χ0v) is 9.77. The molecule has 5 nitrogen and oxygen atoms in total. The van der Waals surface area contributed by atoms with Crippen molar-refractivity contribution >= 4 is 12.0 Å². The first-order chi connectivity index (χ1) is 8.63. The highest BCUT2D eigenvalue weighted by Crippen LogP contribution is 2.05. The van der Waals surface area contributed by atoms with Crippen molar-refractivity contribution in [3.63, 3.8) is 0 Å². The van der Waals surface area contributed by atoms with Gasteiger partial charge < -0.3 is 15.7 Å². The van der Waals surface area contributed by atoms with E-state index >= 15 is 0 Å². The second kappa shape index (κ2) is 6.97. The summed E-state index contributed by atoms with van der Waals surface area (Å²) in [6.45, 7) is 0.597. The standard InChI is InChI=1S/C13H14N2O3/c1-2-7-14-13(18)15-8-6-10-4-3-5-11(9-10)12(16)17/h1,3-5,9H,6-8H2,(H,16,17)(H2,14,15,18). The van der Waals surface area contributed by atoms with Crippen LogP contribution in [-0.2, 0) is 6.42 Å². The van der Waals surface area contributed by atoms with Gasteiger partial charge in [0.2, 0.25) is 0 Å². The summed E-state index contributed by atoms with van der Waals surface area (Å²) in [5.74, 6) is 1.33. The lowest BCUT2D eigenvalue weighted by atomic mass is 10.1. The van der Waals surface area contributed by atoms with Crippen molar-refractivity contribution in [2.45, 2.75) is 6.42 Å². The second-order valence-electron chi connectivity index (χ2n) is 3.57. The molecular formula is C13H14N2O3. The fraction of sp³-hybridized carbons (Fsp3) is 0.231. The van der Waals surface area contributed by atoms with Crippen LogP contribution in [0.1, 0.15) is 15.9 Å². The fourth-order valence-corrected chi connectivity index (χ4v) is 1.37. The topological polar surface area (TPSA) is 78.4 Å². The number of urea groups is 1. The van der Waals surface area contributed by atoms with Crippen molar-refractivity contribution in [1.29, 1.82) is 0 Å². The predicted octanol–water partition coefficient (Wildman–Crippen LogP) is 0.860. The van der Waals surface area contributed by atoms with Gasteiger partial charge in [-0.05, 0) is 24.1 Å². The molecule has 0 spiro atoms. The molecule has 1 aromatic rings. The summed E-state index contributed by atoms with van der Waals surface area (Å²) in [6.07, 6.45) is 5.55. The lowest BCUT2D eigenvalue weighted by molar-refractivity contribution is 0.0696. The van der Waals surface area contributed by atoms with E-state index in [1.54, 1.807) is 12.1 Å². The average molecular weight is 246 g/mol. The van der Waals surface area contributed by atoms with Gasteiger partial charge in [-0.2, -0.15) is 0 Å². The van der Waals surface area contributed by atoms with Crippen molar-refractivity contribution < 1.29 is 14.7 Å². The molecule has 1 rings (SSSR count). The van der Waals surface area contributed by atoms with E-state index in [1.165, 1.54) is 6.07 Å². The quantitative estimate of drug-likeness (QED) is 0.674. The Hall–Kier alpha value is -2.48. The van der Waals surface area contributed by atoms with Crippen LogP contribution < -0.4 is 10.6 Å². The molecule has 94 valence electrons. The monoisotopic (exact) mass is 246 g/mol. The van der Waals surface area contributed by atoms with Gasteiger partial charge in [0.1, 0.15) is 0 Å². The molecule has 0 bridgehead atoms. The van der Waals surface area contributed by atoms with Crippen molar-refractivity contribution in [2.75, 3.05) is 13.1 Å². The number of carbonyl (C=O) groups excluding carboxylic acids is 1. The lowest BCUT2D eigenvalue weighted by Gasteiger charge is -2.06. The summed E-state index contributed by atoms with van der Waals surface area (Å²) < 4.78 is 0. The van der Waals surface area contributed by atoms with E-state index in [4.69, 9.17) is 11.5 Å². The largest absolute Gasteiger partial charge is 0.478 e. The predicted molar refractivity (Wildman–Crippen MR) is 67.3 cm³/mol. The number of benzene rings is 1. The van der Waals surface area contributed by atoms with Crippen LogP contribution in [0.15, 0.2) is 24.3 Å². The molecule has 0 unspecified atom stereocenters. The summed E-state index contributed by atoms with van der Waals surface area (Å²) in [6, 6.07) is 6.27. The first-order valence-electron chi connectivity index (χ1n) is 5.41. The van der Waals surface area contributed by atoms with Gasteiger partial charge in [-0.3, -0.25) is 0 Å². The normalized spacial score (nSPS) is 9.28.